The van der Waals surface area contributed by atoms with Crippen LogP contribution in [-0.4, -0.2) is 26.1 Å². The number of ether oxygens (including phenoxy) is 1. The van der Waals surface area contributed by atoms with Gasteiger partial charge in [-0.1, -0.05) is 18.1 Å². The van der Waals surface area contributed by atoms with Gasteiger partial charge in [0.05, 0.1) is 26.2 Å². The standard InChI is InChI=1S/C16H20N2O2/c1-3-10-17-11-15(19)18-16(12-4-5-12)13-6-8-14(20-2)9-7-13/h1,6-9,12,16-17H,4-5,10-11H2,2H3,(H,18,19). The van der Waals surface area contributed by atoms with Crippen molar-refractivity contribution in [2.24, 2.45) is 5.92 Å². The molecular formula is C16H20N2O2. The van der Waals surface area contributed by atoms with Gasteiger partial charge >= 0.3 is 0 Å². The van der Waals surface area contributed by atoms with Crippen LogP contribution >= 0.6 is 0 Å². The summed E-state index contributed by atoms with van der Waals surface area (Å²) in [4.78, 5) is 11.9. The summed E-state index contributed by atoms with van der Waals surface area (Å²) in [6.07, 6.45) is 7.46. The molecule has 2 N–H and O–H groups in total. The molecule has 1 aliphatic rings. The van der Waals surface area contributed by atoms with E-state index in [0.717, 1.165) is 24.2 Å². The number of amides is 1. The largest absolute Gasteiger partial charge is 0.497 e. The molecule has 1 aromatic rings. The van der Waals surface area contributed by atoms with E-state index in [1.807, 2.05) is 24.3 Å². The molecule has 1 amide bonds. The minimum Gasteiger partial charge on any atom is -0.497 e. The number of hydrogen-bond acceptors (Lipinski definition) is 3. The fraction of sp³-hybridized carbons (Fsp3) is 0.438. The predicted octanol–water partition coefficient (Wildman–Crippen LogP) is 1.49. The highest BCUT2D eigenvalue weighted by atomic mass is 16.5. The van der Waals surface area contributed by atoms with Crippen molar-refractivity contribution in [3.63, 3.8) is 0 Å². The van der Waals surface area contributed by atoms with Gasteiger partial charge in [-0.05, 0) is 36.5 Å². The SMILES string of the molecule is C#CCNCC(=O)NC(c1ccc(OC)cc1)C1CC1. The summed E-state index contributed by atoms with van der Waals surface area (Å²) in [5, 5.41) is 5.98. The van der Waals surface area contributed by atoms with Crippen LogP contribution in [0.5, 0.6) is 5.75 Å². The maximum absolute atomic E-state index is 11.9. The average molecular weight is 272 g/mol. The van der Waals surface area contributed by atoms with Crippen molar-refractivity contribution in [3.05, 3.63) is 29.8 Å². The summed E-state index contributed by atoms with van der Waals surface area (Å²) >= 11 is 0. The Bertz CT molecular complexity index is 486. The van der Waals surface area contributed by atoms with E-state index in [1.54, 1.807) is 7.11 Å². The van der Waals surface area contributed by atoms with Crippen molar-refractivity contribution in [3.8, 4) is 18.1 Å². The Kier molecular flexibility index (Phi) is 5.03. The number of carbonyl (C=O) groups excluding carboxylic acids is 1. The fourth-order valence-corrected chi connectivity index (χ4v) is 2.19. The van der Waals surface area contributed by atoms with E-state index in [2.05, 4.69) is 16.6 Å². The lowest BCUT2D eigenvalue weighted by Crippen LogP contribution is -2.37. The Balaban J connectivity index is 1.96. The topological polar surface area (TPSA) is 50.4 Å². The zero-order valence-electron chi connectivity index (χ0n) is 11.7. The number of nitrogens with one attached hydrogen (secondary N) is 2. The summed E-state index contributed by atoms with van der Waals surface area (Å²) < 4.78 is 5.16. The third kappa shape index (κ3) is 4.01. The van der Waals surface area contributed by atoms with Crippen LogP contribution in [0.3, 0.4) is 0 Å². The average Bonchev–Trinajstić information content (AvgIpc) is 3.30. The first kappa shape index (κ1) is 14.4. The lowest BCUT2D eigenvalue weighted by atomic mass is 10.0. The molecule has 106 valence electrons. The first-order chi connectivity index (χ1) is 9.74. The van der Waals surface area contributed by atoms with E-state index in [0.29, 0.717) is 12.5 Å². The smallest absolute Gasteiger partial charge is 0.234 e. The molecule has 4 heteroatoms. The first-order valence-electron chi connectivity index (χ1n) is 6.82. The Labute approximate surface area is 119 Å². The number of hydrogen-bond donors (Lipinski definition) is 2. The Morgan fingerprint density at radius 3 is 2.70 bits per heavy atom. The van der Waals surface area contributed by atoms with E-state index in [1.165, 1.54) is 0 Å². The molecule has 1 aliphatic carbocycles. The molecule has 0 aromatic heterocycles. The molecule has 0 spiro atoms. The summed E-state index contributed by atoms with van der Waals surface area (Å²) in [5.74, 6) is 3.80. The Morgan fingerprint density at radius 1 is 1.45 bits per heavy atom. The van der Waals surface area contributed by atoms with Gasteiger partial charge in [-0.2, -0.15) is 0 Å². The molecule has 2 rings (SSSR count). The number of carbonyl (C=O) groups is 1. The third-order valence-electron chi connectivity index (χ3n) is 3.40. The highest BCUT2D eigenvalue weighted by molar-refractivity contribution is 5.78. The van der Waals surface area contributed by atoms with Crippen LogP contribution in [0.2, 0.25) is 0 Å². The minimum absolute atomic E-state index is 0.0204. The van der Waals surface area contributed by atoms with Crippen molar-refractivity contribution in [1.29, 1.82) is 0 Å². The first-order valence-corrected chi connectivity index (χ1v) is 6.82. The van der Waals surface area contributed by atoms with E-state index in [9.17, 15) is 4.79 Å². The van der Waals surface area contributed by atoms with Crippen LogP contribution in [0.1, 0.15) is 24.4 Å². The van der Waals surface area contributed by atoms with E-state index >= 15 is 0 Å². The molecule has 1 fully saturated rings. The third-order valence-corrected chi connectivity index (χ3v) is 3.40. The van der Waals surface area contributed by atoms with Crippen LogP contribution < -0.4 is 15.4 Å². The van der Waals surface area contributed by atoms with Gasteiger partial charge < -0.3 is 10.1 Å². The highest BCUT2D eigenvalue weighted by Crippen LogP contribution is 2.41. The Morgan fingerprint density at radius 2 is 2.15 bits per heavy atom. The van der Waals surface area contributed by atoms with Crippen molar-refractivity contribution >= 4 is 5.91 Å². The molecule has 0 bridgehead atoms. The zero-order chi connectivity index (χ0) is 14.4. The quantitative estimate of drug-likeness (QED) is 0.584. The predicted molar refractivity (Wildman–Crippen MR) is 78.3 cm³/mol. The van der Waals surface area contributed by atoms with Crippen LogP contribution in [0.15, 0.2) is 24.3 Å². The Hall–Kier alpha value is -1.99. The molecule has 4 nitrogen and oxygen atoms in total. The molecule has 1 saturated carbocycles. The number of methoxy groups -OCH3 is 1. The molecule has 0 aliphatic heterocycles. The van der Waals surface area contributed by atoms with Gasteiger partial charge in [-0.15, -0.1) is 6.42 Å². The van der Waals surface area contributed by atoms with Crippen LogP contribution in [-0.2, 0) is 4.79 Å². The minimum atomic E-state index is -0.0204. The summed E-state index contributed by atoms with van der Waals surface area (Å²) in [6.45, 7) is 0.660. The molecule has 20 heavy (non-hydrogen) atoms. The van der Waals surface area contributed by atoms with Gasteiger partial charge in [-0.3, -0.25) is 10.1 Å². The van der Waals surface area contributed by atoms with Gasteiger partial charge in [0.1, 0.15) is 5.75 Å². The maximum Gasteiger partial charge on any atom is 0.234 e. The van der Waals surface area contributed by atoms with E-state index < -0.39 is 0 Å². The van der Waals surface area contributed by atoms with Crippen LogP contribution in [0, 0.1) is 18.3 Å². The fourth-order valence-electron chi connectivity index (χ4n) is 2.19. The van der Waals surface area contributed by atoms with E-state index in [-0.39, 0.29) is 18.5 Å². The molecule has 0 radical (unpaired) electrons. The second kappa shape index (κ2) is 6.97. The van der Waals surface area contributed by atoms with Gasteiger partial charge in [0.15, 0.2) is 0 Å². The van der Waals surface area contributed by atoms with Crippen LogP contribution in [0.4, 0.5) is 0 Å². The van der Waals surface area contributed by atoms with Crippen LogP contribution in [0.25, 0.3) is 0 Å². The molecule has 0 saturated heterocycles. The van der Waals surface area contributed by atoms with Crippen molar-refractivity contribution in [2.75, 3.05) is 20.2 Å². The van der Waals surface area contributed by atoms with E-state index in [4.69, 9.17) is 11.2 Å². The number of benzene rings is 1. The normalized spacial score (nSPS) is 15.2. The maximum atomic E-state index is 11.9. The van der Waals surface area contributed by atoms with Gasteiger partial charge in [0, 0.05) is 0 Å². The lowest BCUT2D eigenvalue weighted by Gasteiger charge is -2.19. The molecule has 1 unspecified atom stereocenters. The summed E-state index contributed by atoms with van der Waals surface area (Å²) in [7, 11) is 1.65. The van der Waals surface area contributed by atoms with Crippen molar-refractivity contribution in [1.82, 2.24) is 10.6 Å². The molecule has 0 heterocycles. The second-order valence-corrected chi connectivity index (χ2v) is 4.96. The van der Waals surface area contributed by atoms with Gasteiger partial charge in [0.2, 0.25) is 5.91 Å². The van der Waals surface area contributed by atoms with Gasteiger partial charge in [0.25, 0.3) is 0 Å². The number of terminal acetylenes is 1. The number of rotatable bonds is 7. The molecule has 1 atom stereocenters. The van der Waals surface area contributed by atoms with Gasteiger partial charge in [-0.25, -0.2) is 0 Å². The van der Waals surface area contributed by atoms with Crippen molar-refractivity contribution in [2.45, 2.75) is 18.9 Å². The molecule has 1 aromatic carbocycles. The molecular weight excluding hydrogens is 252 g/mol. The van der Waals surface area contributed by atoms with Crippen molar-refractivity contribution < 1.29 is 9.53 Å². The second-order valence-electron chi connectivity index (χ2n) is 4.96. The zero-order valence-corrected chi connectivity index (χ0v) is 11.7. The monoisotopic (exact) mass is 272 g/mol. The summed E-state index contributed by atoms with van der Waals surface area (Å²) in [6, 6.07) is 7.95. The highest BCUT2D eigenvalue weighted by Gasteiger charge is 2.33. The lowest BCUT2D eigenvalue weighted by molar-refractivity contribution is -0.121. The summed E-state index contributed by atoms with van der Waals surface area (Å²) in [5.41, 5.74) is 1.12.